The lowest BCUT2D eigenvalue weighted by Crippen LogP contribution is -2.45. The summed E-state index contributed by atoms with van der Waals surface area (Å²) in [5, 5.41) is 14.7. The van der Waals surface area contributed by atoms with Crippen molar-refractivity contribution in [1.82, 2.24) is 30.2 Å². The molecule has 0 saturated carbocycles. The van der Waals surface area contributed by atoms with E-state index < -0.39 is 0 Å². The van der Waals surface area contributed by atoms with E-state index in [2.05, 4.69) is 20.8 Å². The lowest BCUT2D eigenvalue weighted by molar-refractivity contribution is 0.0908. The standard InChI is InChI=1S/C21H24Cl2N6O2/c1-12-16(18(22)28(3)26-12)20(30)24-11-15(10-14-8-6-5-7-9-14)25-21(31)17-13(2)27-29(4)19(17)23/h5-9,15H,10-11H2,1-4H3,(H,24,30)(H,25,31)/t15-/m1/s1. The van der Waals surface area contributed by atoms with Crippen molar-refractivity contribution in [1.29, 1.82) is 0 Å². The number of carbonyl (C=O) groups is 2. The molecule has 164 valence electrons. The van der Waals surface area contributed by atoms with Crippen molar-refractivity contribution in [2.75, 3.05) is 6.54 Å². The van der Waals surface area contributed by atoms with Crippen molar-refractivity contribution >= 4 is 35.0 Å². The maximum atomic E-state index is 12.9. The molecular weight excluding hydrogens is 439 g/mol. The highest BCUT2D eigenvalue weighted by Crippen LogP contribution is 2.20. The number of hydrogen-bond acceptors (Lipinski definition) is 4. The highest BCUT2D eigenvalue weighted by Gasteiger charge is 2.24. The summed E-state index contributed by atoms with van der Waals surface area (Å²) in [7, 11) is 3.35. The van der Waals surface area contributed by atoms with Crippen LogP contribution in [0.5, 0.6) is 0 Å². The molecule has 0 saturated heterocycles. The molecule has 0 spiro atoms. The number of nitrogens with zero attached hydrogens (tertiary/aromatic N) is 4. The van der Waals surface area contributed by atoms with Gasteiger partial charge in [0, 0.05) is 20.6 Å². The smallest absolute Gasteiger partial charge is 0.256 e. The molecule has 31 heavy (non-hydrogen) atoms. The predicted molar refractivity (Wildman–Crippen MR) is 120 cm³/mol. The summed E-state index contributed by atoms with van der Waals surface area (Å²) in [6.45, 7) is 3.64. The fourth-order valence-electron chi connectivity index (χ4n) is 3.41. The zero-order valence-corrected chi connectivity index (χ0v) is 19.3. The summed E-state index contributed by atoms with van der Waals surface area (Å²) in [5.74, 6) is -0.695. The molecule has 2 N–H and O–H groups in total. The second-order valence-corrected chi connectivity index (χ2v) is 8.04. The number of hydrogen-bond donors (Lipinski definition) is 2. The third-order valence-corrected chi connectivity index (χ3v) is 5.79. The van der Waals surface area contributed by atoms with Gasteiger partial charge in [0.05, 0.1) is 28.6 Å². The molecule has 1 atom stereocenters. The van der Waals surface area contributed by atoms with E-state index in [1.54, 1.807) is 27.9 Å². The molecule has 0 fully saturated rings. The molecule has 0 aliphatic heterocycles. The summed E-state index contributed by atoms with van der Waals surface area (Å²) in [6, 6.07) is 9.31. The van der Waals surface area contributed by atoms with Crippen LogP contribution in [0, 0.1) is 13.8 Å². The topological polar surface area (TPSA) is 93.8 Å². The van der Waals surface area contributed by atoms with Gasteiger partial charge in [-0.1, -0.05) is 53.5 Å². The Morgan fingerprint density at radius 3 is 1.94 bits per heavy atom. The van der Waals surface area contributed by atoms with E-state index in [0.29, 0.717) is 28.9 Å². The highest BCUT2D eigenvalue weighted by molar-refractivity contribution is 6.33. The van der Waals surface area contributed by atoms with Gasteiger partial charge in [-0.2, -0.15) is 10.2 Å². The molecule has 2 aromatic heterocycles. The van der Waals surface area contributed by atoms with E-state index in [4.69, 9.17) is 23.2 Å². The quantitative estimate of drug-likeness (QED) is 0.564. The van der Waals surface area contributed by atoms with Crippen LogP contribution in [0.2, 0.25) is 10.3 Å². The van der Waals surface area contributed by atoms with Crippen molar-refractivity contribution < 1.29 is 9.59 Å². The van der Waals surface area contributed by atoms with E-state index in [1.165, 1.54) is 9.36 Å². The Labute approximate surface area is 190 Å². The Morgan fingerprint density at radius 2 is 1.45 bits per heavy atom. The molecule has 2 heterocycles. The number of aryl methyl sites for hydroxylation is 4. The molecule has 8 nitrogen and oxygen atoms in total. The summed E-state index contributed by atoms with van der Waals surface area (Å²) in [6.07, 6.45) is 0.517. The van der Waals surface area contributed by atoms with E-state index in [9.17, 15) is 9.59 Å². The van der Waals surface area contributed by atoms with Gasteiger partial charge in [-0.15, -0.1) is 0 Å². The molecule has 0 unspecified atom stereocenters. The third kappa shape index (κ3) is 5.08. The minimum absolute atomic E-state index is 0.195. The number of carbonyl (C=O) groups excluding carboxylic acids is 2. The number of halogens is 2. The van der Waals surface area contributed by atoms with Crippen LogP contribution in [0.1, 0.15) is 37.7 Å². The normalized spacial score (nSPS) is 11.9. The van der Waals surface area contributed by atoms with Crippen molar-refractivity contribution in [3.05, 3.63) is 68.7 Å². The maximum Gasteiger partial charge on any atom is 0.256 e. The van der Waals surface area contributed by atoms with Crippen LogP contribution in [0.3, 0.4) is 0 Å². The lowest BCUT2D eigenvalue weighted by atomic mass is 10.0. The van der Waals surface area contributed by atoms with Gasteiger partial charge in [0.1, 0.15) is 10.3 Å². The monoisotopic (exact) mass is 462 g/mol. The van der Waals surface area contributed by atoms with E-state index in [-0.39, 0.29) is 34.7 Å². The number of nitrogens with one attached hydrogen (secondary N) is 2. The molecule has 10 heteroatoms. The van der Waals surface area contributed by atoms with E-state index in [1.807, 2.05) is 30.3 Å². The molecule has 0 radical (unpaired) electrons. The third-order valence-electron chi connectivity index (χ3n) is 4.93. The van der Waals surface area contributed by atoms with Gasteiger partial charge in [0.25, 0.3) is 11.8 Å². The minimum Gasteiger partial charge on any atom is -0.350 e. The minimum atomic E-state index is -0.384. The zero-order valence-electron chi connectivity index (χ0n) is 17.7. The van der Waals surface area contributed by atoms with Gasteiger partial charge in [-0.25, -0.2) is 0 Å². The Kier molecular flexibility index (Phi) is 7.02. The van der Waals surface area contributed by atoms with Gasteiger partial charge in [0.2, 0.25) is 0 Å². The first-order valence-corrected chi connectivity index (χ1v) is 10.5. The zero-order chi connectivity index (χ0) is 22.7. The van der Waals surface area contributed by atoms with Gasteiger partial charge in [-0.05, 0) is 25.8 Å². The van der Waals surface area contributed by atoms with Crippen molar-refractivity contribution in [3.63, 3.8) is 0 Å². The second-order valence-electron chi connectivity index (χ2n) is 7.32. The number of amides is 2. The van der Waals surface area contributed by atoms with E-state index in [0.717, 1.165) is 5.56 Å². The molecule has 0 aliphatic rings. The maximum absolute atomic E-state index is 12.9. The average molecular weight is 463 g/mol. The number of rotatable bonds is 7. The SMILES string of the molecule is Cc1nn(C)c(Cl)c1C(=O)NC[C@@H](Cc1ccccc1)NC(=O)c1c(C)nn(C)c1Cl. The van der Waals surface area contributed by atoms with Crippen molar-refractivity contribution in [2.24, 2.45) is 14.1 Å². The molecule has 2 amide bonds. The second kappa shape index (κ2) is 9.53. The Morgan fingerprint density at radius 1 is 0.935 bits per heavy atom. The van der Waals surface area contributed by atoms with E-state index >= 15 is 0 Å². The fourth-order valence-corrected chi connectivity index (χ4v) is 3.93. The molecule has 3 rings (SSSR count). The van der Waals surface area contributed by atoms with Gasteiger partial charge < -0.3 is 10.6 Å². The van der Waals surface area contributed by atoms with Crippen LogP contribution < -0.4 is 10.6 Å². The van der Waals surface area contributed by atoms with Gasteiger partial charge in [-0.3, -0.25) is 19.0 Å². The largest absolute Gasteiger partial charge is 0.350 e. The number of benzene rings is 1. The average Bonchev–Trinajstić information content (AvgIpc) is 3.13. The molecule has 0 bridgehead atoms. The van der Waals surface area contributed by atoms with Crippen LogP contribution in [0.15, 0.2) is 30.3 Å². The van der Waals surface area contributed by atoms with Crippen molar-refractivity contribution in [2.45, 2.75) is 26.3 Å². The lowest BCUT2D eigenvalue weighted by Gasteiger charge is -2.20. The first kappa shape index (κ1) is 22.8. The molecule has 1 aromatic carbocycles. The predicted octanol–water partition coefficient (Wildman–Crippen LogP) is 2.85. The molecule has 3 aromatic rings. The fraction of sp³-hybridized carbons (Fsp3) is 0.333. The summed E-state index contributed by atoms with van der Waals surface area (Å²) in [4.78, 5) is 25.7. The summed E-state index contributed by atoms with van der Waals surface area (Å²) >= 11 is 12.4. The van der Waals surface area contributed by atoms with Gasteiger partial charge >= 0.3 is 0 Å². The van der Waals surface area contributed by atoms with Crippen LogP contribution in [0.25, 0.3) is 0 Å². The number of aromatic nitrogens is 4. The summed E-state index contributed by atoms with van der Waals surface area (Å²) in [5.41, 5.74) is 2.73. The summed E-state index contributed by atoms with van der Waals surface area (Å²) < 4.78 is 2.90. The van der Waals surface area contributed by atoms with Crippen LogP contribution in [-0.4, -0.2) is 44.0 Å². The highest BCUT2D eigenvalue weighted by atomic mass is 35.5. The first-order valence-electron chi connectivity index (χ1n) is 9.70. The Bertz CT molecular complexity index is 1110. The van der Waals surface area contributed by atoms with Crippen molar-refractivity contribution in [3.8, 4) is 0 Å². The van der Waals surface area contributed by atoms with Crippen LogP contribution in [0.4, 0.5) is 0 Å². The van der Waals surface area contributed by atoms with Crippen LogP contribution >= 0.6 is 23.2 Å². The van der Waals surface area contributed by atoms with Crippen LogP contribution in [-0.2, 0) is 20.5 Å². The molecular formula is C21H24Cl2N6O2. The first-order chi connectivity index (χ1) is 14.7. The Balaban J connectivity index is 1.78. The van der Waals surface area contributed by atoms with Gasteiger partial charge in [0.15, 0.2) is 0 Å². The Hall–Kier alpha value is -2.84. The molecule has 0 aliphatic carbocycles.